The molecule has 134 valence electrons. The molecule has 1 aliphatic heterocycles. The molecule has 0 bridgehead atoms. The summed E-state index contributed by atoms with van der Waals surface area (Å²) in [6.45, 7) is 0. The first-order valence-corrected chi connectivity index (χ1v) is 9.36. The van der Waals surface area contributed by atoms with E-state index < -0.39 is 5.25 Å². The van der Waals surface area contributed by atoms with Gasteiger partial charge in [0.2, 0.25) is 11.8 Å². The van der Waals surface area contributed by atoms with Crippen molar-refractivity contribution in [3.05, 3.63) is 53.6 Å². The molecule has 0 unspecified atom stereocenters. The summed E-state index contributed by atoms with van der Waals surface area (Å²) in [6.07, 6.45) is 0.0292. The fourth-order valence-corrected chi connectivity index (χ4v) is 3.67. The molecule has 9 heteroatoms. The lowest BCUT2D eigenvalue weighted by Crippen LogP contribution is -2.45. The van der Waals surface area contributed by atoms with Crippen LogP contribution in [0.25, 0.3) is 0 Å². The molecule has 3 rings (SSSR count). The third-order valence-electron chi connectivity index (χ3n) is 3.49. The Bertz CT molecular complexity index is 845. The van der Waals surface area contributed by atoms with Gasteiger partial charge in [0.1, 0.15) is 0 Å². The number of nitrogens with one attached hydrogen (secondary N) is 4. The Hall–Kier alpha value is -2.29. The minimum absolute atomic E-state index is 0.0292. The smallest absolute Gasteiger partial charge is 0.240 e. The average molecular weight is 407 g/mol. The van der Waals surface area contributed by atoms with Crippen molar-refractivity contribution < 1.29 is 9.59 Å². The Balaban J connectivity index is 1.47. The number of thiocarbonyl (C=S) groups is 1. The van der Waals surface area contributed by atoms with Crippen molar-refractivity contribution >= 4 is 63.9 Å². The number of fused-ring (bicyclic) bond motifs is 1. The van der Waals surface area contributed by atoms with E-state index in [0.717, 1.165) is 16.3 Å². The van der Waals surface area contributed by atoms with E-state index >= 15 is 0 Å². The first-order valence-electron chi connectivity index (χ1n) is 7.69. The number of carbonyl (C=O) groups excluding carboxylic acids is 2. The minimum Gasteiger partial charge on any atom is -0.331 e. The van der Waals surface area contributed by atoms with E-state index in [1.54, 1.807) is 24.3 Å². The van der Waals surface area contributed by atoms with Gasteiger partial charge >= 0.3 is 0 Å². The second kappa shape index (κ2) is 8.39. The van der Waals surface area contributed by atoms with Gasteiger partial charge in [-0.2, -0.15) is 0 Å². The predicted molar refractivity (Wildman–Crippen MR) is 108 cm³/mol. The number of halogens is 1. The molecule has 0 radical (unpaired) electrons. The van der Waals surface area contributed by atoms with Gasteiger partial charge < -0.3 is 10.6 Å². The molecule has 0 spiro atoms. The first-order chi connectivity index (χ1) is 12.5. The third-order valence-corrected chi connectivity index (χ3v) is 5.23. The Morgan fingerprint density at radius 3 is 2.65 bits per heavy atom. The van der Waals surface area contributed by atoms with Gasteiger partial charge in [0.15, 0.2) is 5.11 Å². The summed E-state index contributed by atoms with van der Waals surface area (Å²) < 4.78 is 0. The topological polar surface area (TPSA) is 82.3 Å². The van der Waals surface area contributed by atoms with Gasteiger partial charge in [-0.15, -0.1) is 11.8 Å². The van der Waals surface area contributed by atoms with Crippen LogP contribution in [0, 0.1) is 0 Å². The van der Waals surface area contributed by atoms with Crippen LogP contribution in [0.3, 0.4) is 0 Å². The fourth-order valence-electron chi connectivity index (χ4n) is 2.27. The molecule has 26 heavy (non-hydrogen) atoms. The number of para-hydroxylation sites is 1. The van der Waals surface area contributed by atoms with Crippen LogP contribution in [0.4, 0.5) is 11.4 Å². The van der Waals surface area contributed by atoms with E-state index in [1.807, 2.05) is 24.3 Å². The molecule has 0 saturated heterocycles. The number of carbonyl (C=O) groups is 2. The number of thioether (sulfide) groups is 1. The molecule has 1 heterocycles. The SMILES string of the molecule is O=C(C[C@H]1Sc2ccccc2NC1=O)NNC(=S)Nc1ccc(Cl)cc1. The van der Waals surface area contributed by atoms with Gasteiger partial charge in [-0.1, -0.05) is 23.7 Å². The summed E-state index contributed by atoms with van der Waals surface area (Å²) in [5.41, 5.74) is 6.61. The van der Waals surface area contributed by atoms with Crippen molar-refractivity contribution in [2.75, 3.05) is 10.6 Å². The Labute approximate surface area is 165 Å². The van der Waals surface area contributed by atoms with Crippen molar-refractivity contribution in [3.8, 4) is 0 Å². The maximum absolute atomic E-state index is 12.1. The van der Waals surface area contributed by atoms with Crippen molar-refractivity contribution in [2.45, 2.75) is 16.6 Å². The number of hydrogen-bond acceptors (Lipinski definition) is 4. The molecule has 4 N–H and O–H groups in total. The zero-order valence-corrected chi connectivity index (χ0v) is 15.8. The second-order valence-corrected chi connectivity index (χ2v) is 7.52. The summed E-state index contributed by atoms with van der Waals surface area (Å²) in [6, 6.07) is 14.5. The standard InChI is InChI=1S/C17H15ClN4O2S2/c18-10-5-7-11(8-6-10)19-17(25)22-21-15(23)9-14-16(24)20-12-3-1-2-4-13(12)26-14/h1-8,14H,9H2,(H,20,24)(H,21,23)(H2,19,22,25)/t14-/m1/s1. The fraction of sp³-hybridized carbons (Fsp3) is 0.118. The molecule has 2 amide bonds. The van der Waals surface area contributed by atoms with Crippen molar-refractivity contribution in [2.24, 2.45) is 0 Å². The van der Waals surface area contributed by atoms with Gasteiger partial charge in [-0.05, 0) is 48.6 Å². The van der Waals surface area contributed by atoms with Gasteiger partial charge in [-0.3, -0.25) is 20.4 Å². The lowest BCUT2D eigenvalue weighted by atomic mass is 10.2. The van der Waals surface area contributed by atoms with Crippen LogP contribution in [0.15, 0.2) is 53.4 Å². The molecule has 0 saturated carbocycles. The normalized spacial score (nSPS) is 15.4. The highest BCUT2D eigenvalue weighted by Crippen LogP contribution is 2.36. The maximum Gasteiger partial charge on any atom is 0.240 e. The predicted octanol–water partition coefficient (Wildman–Crippen LogP) is 3.16. The number of amides is 2. The van der Waals surface area contributed by atoms with Crippen molar-refractivity contribution in [3.63, 3.8) is 0 Å². The molecule has 0 aliphatic carbocycles. The quantitative estimate of drug-likeness (QED) is 0.463. The highest BCUT2D eigenvalue weighted by atomic mass is 35.5. The number of anilines is 2. The van der Waals surface area contributed by atoms with Crippen LogP contribution in [0.2, 0.25) is 5.02 Å². The zero-order chi connectivity index (χ0) is 18.5. The van der Waals surface area contributed by atoms with Gasteiger partial charge in [0, 0.05) is 22.0 Å². The lowest BCUT2D eigenvalue weighted by Gasteiger charge is -2.23. The zero-order valence-electron chi connectivity index (χ0n) is 13.4. The van der Waals surface area contributed by atoms with E-state index in [1.165, 1.54) is 11.8 Å². The van der Waals surface area contributed by atoms with Crippen molar-refractivity contribution in [1.82, 2.24) is 10.9 Å². The summed E-state index contributed by atoms with van der Waals surface area (Å²) >= 11 is 12.3. The number of hydrazine groups is 1. The molecule has 0 fully saturated rings. The summed E-state index contributed by atoms with van der Waals surface area (Å²) in [5, 5.41) is 6.07. The van der Waals surface area contributed by atoms with E-state index in [-0.39, 0.29) is 23.3 Å². The summed E-state index contributed by atoms with van der Waals surface area (Å²) in [5.74, 6) is -0.525. The number of rotatable bonds is 3. The molecule has 1 aliphatic rings. The van der Waals surface area contributed by atoms with Crippen LogP contribution < -0.4 is 21.5 Å². The summed E-state index contributed by atoms with van der Waals surface area (Å²) in [7, 11) is 0. The lowest BCUT2D eigenvalue weighted by molar-refractivity contribution is -0.124. The molecule has 1 atom stereocenters. The van der Waals surface area contributed by atoms with Crippen LogP contribution in [-0.4, -0.2) is 22.2 Å². The maximum atomic E-state index is 12.1. The van der Waals surface area contributed by atoms with Crippen LogP contribution >= 0.6 is 35.6 Å². The molecule has 6 nitrogen and oxygen atoms in total. The van der Waals surface area contributed by atoms with Gasteiger partial charge in [-0.25, -0.2) is 0 Å². The second-order valence-electron chi connectivity index (χ2n) is 5.43. The Kier molecular flexibility index (Phi) is 5.97. The van der Waals surface area contributed by atoms with E-state index in [9.17, 15) is 9.59 Å². The molecule has 2 aromatic rings. The monoisotopic (exact) mass is 406 g/mol. The van der Waals surface area contributed by atoms with E-state index in [0.29, 0.717) is 5.02 Å². The van der Waals surface area contributed by atoms with Crippen LogP contribution in [0.1, 0.15) is 6.42 Å². The average Bonchev–Trinajstić information content (AvgIpc) is 2.62. The number of benzene rings is 2. The van der Waals surface area contributed by atoms with E-state index in [4.69, 9.17) is 23.8 Å². The van der Waals surface area contributed by atoms with E-state index in [2.05, 4.69) is 21.5 Å². The molecular formula is C17H15ClN4O2S2. The van der Waals surface area contributed by atoms with Crippen LogP contribution in [0.5, 0.6) is 0 Å². The number of hydrogen-bond donors (Lipinski definition) is 4. The third kappa shape index (κ3) is 4.87. The summed E-state index contributed by atoms with van der Waals surface area (Å²) in [4.78, 5) is 25.2. The first kappa shape index (κ1) is 18.5. The molecule has 0 aromatic heterocycles. The minimum atomic E-state index is -0.496. The van der Waals surface area contributed by atoms with Gasteiger partial charge in [0.05, 0.1) is 10.9 Å². The van der Waals surface area contributed by atoms with Crippen LogP contribution in [-0.2, 0) is 9.59 Å². The highest BCUT2D eigenvalue weighted by Gasteiger charge is 2.28. The Morgan fingerprint density at radius 2 is 1.88 bits per heavy atom. The molecule has 2 aromatic carbocycles. The Morgan fingerprint density at radius 1 is 1.15 bits per heavy atom. The molecular weight excluding hydrogens is 392 g/mol. The van der Waals surface area contributed by atoms with Crippen molar-refractivity contribution in [1.29, 1.82) is 0 Å². The van der Waals surface area contributed by atoms with Gasteiger partial charge in [0.25, 0.3) is 0 Å². The highest BCUT2D eigenvalue weighted by molar-refractivity contribution is 8.01. The largest absolute Gasteiger partial charge is 0.331 e.